The summed E-state index contributed by atoms with van der Waals surface area (Å²) in [6.45, 7) is 10.3. The maximum Gasteiger partial charge on any atom is 0.222 e. The highest BCUT2D eigenvalue weighted by atomic mass is 127. The highest BCUT2D eigenvalue weighted by molar-refractivity contribution is 14.0. The summed E-state index contributed by atoms with van der Waals surface area (Å²) in [7, 11) is 0. The molecule has 1 fully saturated rings. The van der Waals surface area contributed by atoms with Crippen molar-refractivity contribution in [2.75, 3.05) is 19.6 Å². The molecule has 0 bridgehead atoms. The molecule has 0 aromatic heterocycles. The topological polar surface area (TPSA) is 56.7 Å². The first-order valence-corrected chi connectivity index (χ1v) is 10.9. The number of halogens is 1. The maximum atomic E-state index is 12.0. The highest BCUT2D eigenvalue weighted by Gasteiger charge is 2.22. The summed E-state index contributed by atoms with van der Waals surface area (Å²) in [4.78, 5) is 18.8. The molecule has 168 valence electrons. The van der Waals surface area contributed by atoms with Crippen LogP contribution in [0.5, 0.6) is 0 Å². The van der Waals surface area contributed by atoms with E-state index in [1.54, 1.807) is 0 Å². The highest BCUT2D eigenvalue weighted by Crippen LogP contribution is 2.22. The van der Waals surface area contributed by atoms with E-state index in [1.807, 2.05) is 23.1 Å². The molecule has 1 aliphatic heterocycles. The Morgan fingerprint density at radius 3 is 2.35 bits per heavy atom. The molecule has 1 amide bonds. The first kappa shape index (κ1) is 25.2. The van der Waals surface area contributed by atoms with Gasteiger partial charge in [-0.25, -0.2) is 4.99 Å². The average molecular weight is 534 g/mol. The van der Waals surface area contributed by atoms with Gasteiger partial charge < -0.3 is 15.5 Å². The predicted molar refractivity (Wildman–Crippen MR) is 139 cm³/mol. The smallest absolute Gasteiger partial charge is 0.222 e. The van der Waals surface area contributed by atoms with Crippen LogP contribution in [0.15, 0.2) is 59.6 Å². The molecular weight excluding hydrogens is 499 g/mol. The van der Waals surface area contributed by atoms with Crippen molar-refractivity contribution >= 4 is 35.8 Å². The molecule has 31 heavy (non-hydrogen) atoms. The molecule has 0 atom stereocenters. The van der Waals surface area contributed by atoms with Crippen molar-refractivity contribution in [1.29, 1.82) is 0 Å². The Hall–Kier alpha value is -2.09. The van der Waals surface area contributed by atoms with E-state index in [4.69, 9.17) is 4.99 Å². The van der Waals surface area contributed by atoms with Gasteiger partial charge in [0.2, 0.25) is 5.91 Å². The number of likely N-dealkylation sites (tertiary alicyclic amines) is 1. The number of benzene rings is 2. The second-order valence-corrected chi connectivity index (χ2v) is 8.49. The number of nitrogens with one attached hydrogen (secondary N) is 2. The zero-order valence-corrected chi connectivity index (χ0v) is 21.2. The molecule has 0 radical (unpaired) electrons. The summed E-state index contributed by atoms with van der Waals surface area (Å²) in [6, 6.07) is 18.8. The van der Waals surface area contributed by atoms with Crippen molar-refractivity contribution in [3.63, 3.8) is 0 Å². The molecule has 0 saturated carbocycles. The largest absolute Gasteiger partial charge is 0.357 e. The Morgan fingerprint density at radius 1 is 1.03 bits per heavy atom. The Balaban J connectivity index is 0.00000341. The van der Waals surface area contributed by atoms with Gasteiger partial charge in [-0.15, -0.1) is 24.0 Å². The minimum absolute atomic E-state index is 0. The third kappa shape index (κ3) is 7.23. The Labute approximate surface area is 203 Å². The number of hydrogen-bond acceptors (Lipinski definition) is 2. The number of nitrogens with zero attached hydrogens (tertiary/aromatic N) is 2. The van der Waals surface area contributed by atoms with Gasteiger partial charge in [-0.2, -0.15) is 0 Å². The van der Waals surface area contributed by atoms with Crippen LogP contribution in [0.2, 0.25) is 0 Å². The van der Waals surface area contributed by atoms with Crippen LogP contribution in [-0.4, -0.2) is 36.4 Å². The molecule has 1 saturated heterocycles. The predicted octanol–water partition coefficient (Wildman–Crippen LogP) is 4.46. The second-order valence-electron chi connectivity index (χ2n) is 8.49. The molecule has 2 aromatic carbocycles. The standard InChI is InChI=1S/C25H34N4O.HI/c1-4-26-24(28-19-25(2,3)22-13-6-5-7-14-22)27-17-20-11-8-9-12-21(20)18-29-16-10-15-23(29)30;/h5-9,11-14H,4,10,15-19H2,1-3H3,(H2,26,27,28);1H. The summed E-state index contributed by atoms with van der Waals surface area (Å²) >= 11 is 0. The number of amides is 1. The molecule has 3 rings (SSSR count). The molecule has 2 N–H and O–H groups in total. The van der Waals surface area contributed by atoms with Gasteiger partial charge in [0.05, 0.1) is 6.54 Å². The molecule has 6 heteroatoms. The number of hydrogen-bond donors (Lipinski definition) is 2. The summed E-state index contributed by atoms with van der Waals surface area (Å²) in [6.07, 6.45) is 1.64. The summed E-state index contributed by atoms with van der Waals surface area (Å²) in [5.41, 5.74) is 3.63. The van der Waals surface area contributed by atoms with Crippen LogP contribution >= 0.6 is 24.0 Å². The normalized spacial score (nSPS) is 14.4. The second kappa shape index (κ2) is 12.1. The van der Waals surface area contributed by atoms with E-state index in [0.717, 1.165) is 37.6 Å². The van der Waals surface area contributed by atoms with E-state index < -0.39 is 0 Å². The molecule has 1 aliphatic rings. The summed E-state index contributed by atoms with van der Waals surface area (Å²) in [5, 5.41) is 6.85. The quantitative estimate of drug-likeness (QED) is 0.299. The van der Waals surface area contributed by atoms with E-state index in [9.17, 15) is 4.79 Å². The summed E-state index contributed by atoms with van der Waals surface area (Å²) in [5.74, 6) is 1.07. The first-order valence-electron chi connectivity index (χ1n) is 10.9. The van der Waals surface area contributed by atoms with Crippen LogP contribution < -0.4 is 10.6 Å². The van der Waals surface area contributed by atoms with Crippen molar-refractivity contribution in [2.45, 2.75) is 52.1 Å². The van der Waals surface area contributed by atoms with Crippen molar-refractivity contribution in [3.8, 4) is 0 Å². The van der Waals surface area contributed by atoms with Crippen LogP contribution in [0.3, 0.4) is 0 Å². The third-order valence-corrected chi connectivity index (χ3v) is 5.66. The number of carbonyl (C=O) groups is 1. The minimum Gasteiger partial charge on any atom is -0.357 e. The molecular formula is C25H35IN4O. The van der Waals surface area contributed by atoms with E-state index in [1.165, 1.54) is 11.1 Å². The fourth-order valence-electron chi connectivity index (χ4n) is 3.74. The van der Waals surface area contributed by atoms with Crippen molar-refractivity contribution in [2.24, 2.45) is 4.99 Å². The van der Waals surface area contributed by atoms with E-state index in [0.29, 0.717) is 19.5 Å². The van der Waals surface area contributed by atoms with E-state index in [-0.39, 0.29) is 35.3 Å². The lowest BCUT2D eigenvalue weighted by molar-refractivity contribution is -0.128. The number of rotatable bonds is 8. The fourth-order valence-corrected chi connectivity index (χ4v) is 3.74. The number of guanidine groups is 1. The van der Waals surface area contributed by atoms with Gasteiger partial charge in [0, 0.05) is 38.0 Å². The van der Waals surface area contributed by atoms with Gasteiger partial charge in [-0.1, -0.05) is 68.4 Å². The van der Waals surface area contributed by atoms with E-state index in [2.05, 4.69) is 67.8 Å². The lowest BCUT2D eigenvalue weighted by Crippen LogP contribution is -2.43. The average Bonchev–Trinajstić information content (AvgIpc) is 3.16. The van der Waals surface area contributed by atoms with Crippen LogP contribution in [0.4, 0.5) is 0 Å². The third-order valence-electron chi connectivity index (χ3n) is 5.66. The summed E-state index contributed by atoms with van der Waals surface area (Å²) < 4.78 is 0. The maximum absolute atomic E-state index is 12.0. The van der Waals surface area contributed by atoms with Crippen LogP contribution in [0, 0.1) is 0 Å². The van der Waals surface area contributed by atoms with Crippen molar-refractivity contribution < 1.29 is 4.79 Å². The SMILES string of the molecule is CCNC(=NCc1ccccc1CN1CCCC1=O)NCC(C)(C)c1ccccc1.I. The van der Waals surface area contributed by atoms with Gasteiger partial charge in [-0.05, 0) is 30.0 Å². The monoisotopic (exact) mass is 534 g/mol. The van der Waals surface area contributed by atoms with E-state index >= 15 is 0 Å². The lowest BCUT2D eigenvalue weighted by Gasteiger charge is -2.27. The lowest BCUT2D eigenvalue weighted by atomic mass is 9.85. The van der Waals surface area contributed by atoms with Crippen LogP contribution in [-0.2, 0) is 23.3 Å². The minimum atomic E-state index is -0.00846. The van der Waals surface area contributed by atoms with Crippen molar-refractivity contribution in [1.82, 2.24) is 15.5 Å². The molecule has 2 aromatic rings. The van der Waals surface area contributed by atoms with Gasteiger partial charge in [0.15, 0.2) is 5.96 Å². The van der Waals surface area contributed by atoms with Crippen LogP contribution in [0.1, 0.15) is 50.3 Å². The number of aliphatic imine (C=N–C) groups is 1. The Kier molecular flexibility index (Phi) is 9.81. The van der Waals surface area contributed by atoms with Gasteiger partial charge in [0.25, 0.3) is 0 Å². The number of carbonyl (C=O) groups excluding carboxylic acids is 1. The van der Waals surface area contributed by atoms with Crippen molar-refractivity contribution in [3.05, 3.63) is 71.3 Å². The fraction of sp³-hybridized carbons (Fsp3) is 0.440. The molecule has 1 heterocycles. The van der Waals surface area contributed by atoms with Crippen LogP contribution in [0.25, 0.3) is 0 Å². The molecule has 0 spiro atoms. The molecule has 0 aliphatic carbocycles. The zero-order chi connectivity index (χ0) is 21.4. The molecule has 5 nitrogen and oxygen atoms in total. The zero-order valence-electron chi connectivity index (χ0n) is 18.9. The van der Waals surface area contributed by atoms with Gasteiger partial charge >= 0.3 is 0 Å². The Morgan fingerprint density at radius 2 is 1.71 bits per heavy atom. The Bertz CT molecular complexity index is 867. The molecule has 0 unspecified atom stereocenters. The van der Waals surface area contributed by atoms with Gasteiger partial charge in [-0.3, -0.25) is 4.79 Å². The van der Waals surface area contributed by atoms with Gasteiger partial charge in [0.1, 0.15) is 0 Å². The first-order chi connectivity index (χ1) is 14.5.